The van der Waals surface area contributed by atoms with E-state index in [1.807, 2.05) is 0 Å². The molecule has 12 heteroatoms. The Bertz CT molecular complexity index is 1180. The third-order valence-electron chi connectivity index (χ3n) is 3.97. The molecule has 0 unspecified atom stereocenters. The van der Waals surface area contributed by atoms with E-state index in [1.165, 1.54) is 18.4 Å². The summed E-state index contributed by atoms with van der Waals surface area (Å²) in [6.07, 6.45) is 0. The van der Waals surface area contributed by atoms with Gasteiger partial charge in [0.1, 0.15) is 5.82 Å². The molecular formula is C18H15Cl2N5O4S. The normalized spacial score (nSPS) is 10.5. The number of carbonyl (C=O) groups is 2. The zero-order valence-corrected chi connectivity index (χ0v) is 17.7. The fraction of sp³-hybridized carbons (Fsp3) is 0.111. The molecule has 2 heterocycles. The highest BCUT2D eigenvalue weighted by atomic mass is 35.5. The van der Waals surface area contributed by atoms with E-state index >= 15 is 0 Å². The lowest BCUT2D eigenvalue weighted by molar-refractivity contribution is 0.0955. The van der Waals surface area contributed by atoms with E-state index in [1.54, 1.807) is 29.0 Å². The van der Waals surface area contributed by atoms with Gasteiger partial charge in [-0.25, -0.2) is 9.78 Å². The Labute approximate surface area is 184 Å². The van der Waals surface area contributed by atoms with Crippen LogP contribution in [0.3, 0.4) is 0 Å². The van der Waals surface area contributed by atoms with Crippen molar-refractivity contribution < 1.29 is 14.7 Å². The van der Waals surface area contributed by atoms with Gasteiger partial charge in [-0.05, 0) is 11.6 Å². The number of H-pyrrole nitrogens is 1. The zero-order valence-electron chi connectivity index (χ0n) is 15.4. The Kier molecular flexibility index (Phi) is 6.60. The second-order valence-electron chi connectivity index (χ2n) is 5.91. The monoisotopic (exact) mass is 467 g/mol. The lowest BCUT2D eigenvalue weighted by atomic mass is 10.2. The predicted molar refractivity (Wildman–Crippen MR) is 116 cm³/mol. The third-order valence-corrected chi connectivity index (χ3v) is 5.57. The molecule has 0 fully saturated rings. The Morgan fingerprint density at radius 2 is 2.03 bits per heavy atom. The maximum atomic E-state index is 12.3. The maximum Gasteiger partial charge on any atom is 0.319 e. The quantitative estimate of drug-likeness (QED) is 0.392. The van der Waals surface area contributed by atoms with Crippen LogP contribution in [0, 0.1) is 0 Å². The van der Waals surface area contributed by atoms with E-state index in [9.17, 15) is 19.5 Å². The number of hydrogen-bond acceptors (Lipinski definition) is 6. The highest BCUT2D eigenvalue weighted by Gasteiger charge is 2.19. The minimum Gasteiger partial charge on any atom is -0.501 e. The van der Waals surface area contributed by atoms with Gasteiger partial charge in [0.2, 0.25) is 5.75 Å². The molecule has 1 aromatic carbocycles. The number of aromatic nitrogens is 2. The topological polar surface area (TPSA) is 136 Å². The Balaban J connectivity index is 1.80. The molecule has 2 aromatic heterocycles. The van der Waals surface area contributed by atoms with Gasteiger partial charge in [-0.3, -0.25) is 9.59 Å². The number of aromatic amines is 1. The molecule has 5 N–H and O–H groups in total. The number of rotatable bonds is 5. The van der Waals surface area contributed by atoms with Crippen molar-refractivity contribution in [2.75, 3.05) is 12.4 Å². The number of nitrogens with one attached hydrogen (secondary N) is 4. The fourth-order valence-corrected chi connectivity index (χ4v) is 3.63. The summed E-state index contributed by atoms with van der Waals surface area (Å²) in [4.78, 5) is 42.6. The zero-order chi connectivity index (χ0) is 21.8. The van der Waals surface area contributed by atoms with Gasteiger partial charge in [0.15, 0.2) is 5.69 Å². The van der Waals surface area contributed by atoms with Crippen molar-refractivity contribution in [1.82, 2.24) is 20.6 Å². The molecular weight excluding hydrogens is 453 g/mol. The van der Waals surface area contributed by atoms with Gasteiger partial charge >= 0.3 is 6.03 Å². The molecule has 0 aliphatic carbocycles. The van der Waals surface area contributed by atoms with Crippen molar-refractivity contribution in [3.8, 4) is 17.1 Å². The third kappa shape index (κ3) is 4.56. The number of halogens is 2. The lowest BCUT2D eigenvalue weighted by Gasteiger charge is -2.10. The first kappa shape index (κ1) is 21.6. The highest BCUT2D eigenvalue weighted by Crippen LogP contribution is 2.30. The van der Waals surface area contributed by atoms with Crippen LogP contribution in [0.1, 0.15) is 16.1 Å². The van der Waals surface area contributed by atoms with E-state index in [4.69, 9.17) is 23.2 Å². The molecule has 3 amide bonds. The van der Waals surface area contributed by atoms with Crippen LogP contribution >= 0.6 is 34.5 Å². The first-order chi connectivity index (χ1) is 14.3. The summed E-state index contributed by atoms with van der Waals surface area (Å²) in [5.41, 5.74) is 0.0680. The molecule has 0 aliphatic rings. The Hall–Kier alpha value is -3.08. The van der Waals surface area contributed by atoms with Crippen LogP contribution in [-0.2, 0) is 6.54 Å². The van der Waals surface area contributed by atoms with Gasteiger partial charge in [0.25, 0.3) is 11.5 Å². The number of amides is 3. The maximum absolute atomic E-state index is 12.3. The van der Waals surface area contributed by atoms with Crippen LogP contribution in [0.4, 0.5) is 10.5 Å². The average Bonchev–Trinajstić information content (AvgIpc) is 3.18. The summed E-state index contributed by atoms with van der Waals surface area (Å²) < 4.78 is 0. The summed E-state index contributed by atoms with van der Waals surface area (Å²) in [5, 5.41) is 21.4. The second kappa shape index (κ2) is 9.16. The molecule has 0 spiro atoms. The summed E-state index contributed by atoms with van der Waals surface area (Å²) >= 11 is 13.3. The molecule has 0 saturated heterocycles. The number of carbonyl (C=O) groups excluding carboxylic acids is 2. The smallest absolute Gasteiger partial charge is 0.319 e. The minimum absolute atomic E-state index is 0.0193. The van der Waals surface area contributed by atoms with Crippen molar-refractivity contribution in [2.24, 2.45) is 0 Å². The van der Waals surface area contributed by atoms with E-state index in [-0.39, 0.29) is 12.4 Å². The van der Waals surface area contributed by atoms with E-state index < -0.39 is 28.9 Å². The number of aromatic hydroxyl groups is 1. The van der Waals surface area contributed by atoms with E-state index in [0.717, 1.165) is 0 Å². The number of thiophene rings is 1. The van der Waals surface area contributed by atoms with Gasteiger partial charge in [-0.2, -0.15) is 0 Å². The first-order valence-corrected chi connectivity index (χ1v) is 10.1. The number of urea groups is 1. The summed E-state index contributed by atoms with van der Waals surface area (Å²) in [5.74, 6) is -1.49. The fourth-order valence-electron chi connectivity index (χ4n) is 2.48. The van der Waals surface area contributed by atoms with Gasteiger partial charge in [0, 0.05) is 24.4 Å². The number of benzene rings is 1. The Morgan fingerprint density at radius 3 is 2.77 bits per heavy atom. The molecule has 30 heavy (non-hydrogen) atoms. The largest absolute Gasteiger partial charge is 0.501 e. The van der Waals surface area contributed by atoms with Gasteiger partial charge < -0.3 is 26.0 Å². The summed E-state index contributed by atoms with van der Waals surface area (Å²) in [6.45, 7) is 0.139. The number of nitrogens with zero attached hydrogens (tertiary/aromatic N) is 1. The van der Waals surface area contributed by atoms with Crippen LogP contribution in [0.25, 0.3) is 11.4 Å². The second-order valence-corrected chi connectivity index (χ2v) is 7.44. The molecule has 156 valence electrons. The average molecular weight is 468 g/mol. The first-order valence-electron chi connectivity index (χ1n) is 8.41. The van der Waals surface area contributed by atoms with E-state index in [0.29, 0.717) is 26.9 Å². The lowest BCUT2D eigenvalue weighted by Crippen LogP contribution is -2.28. The van der Waals surface area contributed by atoms with Crippen LogP contribution in [0.5, 0.6) is 5.75 Å². The predicted octanol–water partition coefficient (Wildman–Crippen LogP) is 3.19. The molecule has 3 aromatic rings. The minimum atomic E-state index is -0.879. The van der Waals surface area contributed by atoms with Crippen molar-refractivity contribution in [3.05, 3.63) is 60.6 Å². The summed E-state index contributed by atoms with van der Waals surface area (Å²) in [6, 6.07) is 4.56. The van der Waals surface area contributed by atoms with Crippen LogP contribution in [-0.4, -0.2) is 34.1 Å². The number of hydrogen-bond donors (Lipinski definition) is 5. The molecule has 9 nitrogen and oxygen atoms in total. The SMILES string of the molecule is CNC(=O)c1nc(-c2cscc2NC(=O)NCc2cccc(Cl)c2Cl)[nH]c(=O)c1O. The molecule has 0 atom stereocenters. The molecule has 0 bridgehead atoms. The van der Waals surface area contributed by atoms with Crippen LogP contribution in [0.2, 0.25) is 10.0 Å². The van der Waals surface area contributed by atoms with Gasteiger partial charge in [-0.15, -0.1) is 11.3 Å². The van der Waals surface area contributed by atoms with Gasteiger partial charge in [-0.1, -0.05) is 35.3 Å². The van der Waals surface area contributed by atoms with Crippen molar-refractivity contribution in [2.45, 2.75) is 6.54 Å². The Morgan fingerprint density at radius 1 is 1.27 bits per heavy atom. The molecule has 0 radical (unpaired) electrons. The molecule has 0 saturated carbocycles. The van der Waals surface area contributed by atoms with Crippen LogP contribution < -0.4 is 21.5 Å². The van der Waals surface area contributed by atoms with Gasteiger partial charge in [0.05, 0.1) is 21.3 Å². The van der Waals surface area contributed by atoms with Crippen molar-refractivity contribution in [1.29, 1.82) is 0 Å². The standard InChI is InChI=1S/C18H15Cl2N5O4S/c1-21-16(27)13-14(26)17(28)25-15(24-13)9-6-30-7-11(9)23-18(29)22-5-8-3-2-4-10(19)12(8)20/h2-4,6-7,26H,5H2,1H3,(H,21,27)(H2,22,23,29)(H,24,25,28). The van der Waals surface area contributed by atoms with E-state index in [2.05, 4.69) is 25.9 Å². The van der Waals surface area contributed by atoms with Crippen molar-refractivity contribution in [3.63, 3.8) is 0 Å². The molecule has 0 aliphatic heterocycles. The number of anilines is 1. The van der Waals surface area contributed by atoms with Crippen molar-refractivity contribution >= 4 is 52.2 Å². The van der Waals surface area contributed by atoms with Crippen LogP contribution in [0.15, 0.2) is 33.8 Å². The summed E-state index contributed by atoms with van der Waals surface area (Å²) in [7, 11) is 1.35. The molecule has 3 rings (SSSR count). The highest BCUT2D eigenvalue weighted by molar-refractivity contribution is 7.08.